The van der Waals surface area contributed by atoms with E-state index in [0.717, 1.165) is 24.8 Å². The van der Waals surface area contributed by atoms with Gasteiger partial charge >= 0.3 is 6.09 Å². The highest BCUT2D eigenvalue weighted by Crippen LogP contribution is 2.41. The molecule has 15 heavy (non-hydrogen) atoms. The lowest BCUT2D eigenvalue weighted by Gasteiger charge is -2.42. The van der Waals surface area contributed by atoms with Gasteiger partial charge < -0.3 is 10.4 Å². The normalized spacial score (nSPS) is 17.9. The van der Waals surface area contributed by atoms with Crippen molar-refractivity contribution >= 4 is 6.09 Å². The van der Waals surface area contributed by atoms with Gasteiger partial charge in [0.2, 0.25) is 0 Å². The zero-order valence-corrected chi connectivity index (χ0v) is 8.16. The minimum Gasteiger partial charge on any atom is -0.465 e. The number of nitrogens with one attached hydrogen (secondary N) is 1. The lowest BCUT2D eigenvalue weighted by atomic mass is 9.72. The molecule has 1 aromatic carbocycles. The molecule has 0 spiro atoms. The SMILES string of the molecule is O=C(O)NC1(c2cccc(F)c2)CCC1. The Bertz CT molecular complexity index is 388. The molecule has 0 aromatic heterocycles. The van der Waals surface area contributed by atoms with Crippen LogP contribution in [0.25, 0.3) is 0 Å². The van der Waals surface area contributed by atoms with Gasteiger partial charge in [-0.2, -0.15) is 0 Å². The van der Waals surface area contributed by atoms with Crippen molar-refractivity contribution in [3.8, 4) is 0 Å². The van der Waals surface area contributed by atoms with Crippen LogP contribution in [0.1, 0.15) is 24.8 Å². The summed E-state index contributed by atoms with van der Waals surface area (Å²) in [5.41, 5.74) is 0.157. The van der Waals surface area contributed by atoms with E-state index in [2.05, 4.69) is 5.32 Å². The predicted molar refractivity (Wildman–Crippen MR) is 53.1 cm³/mol. The summed E-state index contributed by atoms with van der Waals surface area (Å²) in [5, 5.41) is 11.2. The Balaban J connectivity index is 2.29. The van der Waals surface area contributed by atoms with Crippen LogP contribution in [0.2, 0.25) is 0 Å². The van der Waals surface area contributed by atoms with Gasteiger partial charge in [0, 0.05) is 0 Å². The van der Waals surface area contributed by atoms with Crippen LogP contribution in [0.5, 0.6) is 0 Å². The predicted octanol–water partition coefficient (Wildman–Crippen LogP) is 2.47. The molecule has 2 N–H and O–H groups in total. The molecule has 80 valence electrons. The number of carboxylic acid groups (broad SMARTS) is 1. The van der Waals surface area contributed by atoms with Crippen molar-refractivity contribution in [1.29, 1.82) is 0 Å². The molecule has 0 radical (unpaired) electrons. The Kier molecular flexibility index (Phi) is 2.34. The quantitative estimate of drug-likeness (QED) is 0.786. The van der Waals surface area contributed by atoms with E-state index in [4.69, 9.17) is 5.11 Å². The van der Waals surface area contributed by atoms with Crippen LogP contribution in [-0.2, 0) is 5.54 Å². The molecule has 0 saturated heterocycles. The first-order valence-electron chi connectivity index (χ1n) is 4.90. The summed E-state index contributed by atoms with van der Waals surface area (Å²) in [6.07, 6.45) is 1.39. The van der Waals surface area contributed by atoms with Gasteiger partial charge in [-0.15, -0.1) is 0 Å². The first-order chi connectivity index (χ1) is 7.12. The molecular weight excluding hydrogens is 197 g/mol. The van der Waals surface area contributed by atoms with Crippen molar-refractivity contribution in [1.82, 2.24) is 5.32 Å². The third-order valence-corrected chi connectivity index (χ3v) is 2.93. The number of rotatable bonds is 2. The topological polar surface area (TPSA) is 49.3 Å². The molecule has 4 heteroatoms. The van der Waals surface area contributed by atoms with Crippen molar-refractivity contribution in [3.05, 3.63) is 35.6 Å². The highest BCUT2D eigenvalue weighted by Gasteiger charge is 2.40. The van der Waals surface area contributed by atoms with E-state index in [0.29, 0.717) is 0 Å². The summed E-state index contributed by atoms with van der Waals surface area (Å²) < 4.78 is 13.0. The standard InChI is InChI=1S/C11H12FNO2/c12-9-4-1-3-8(7-9)11(5-2-6-11)13-10(14)15/h1,3-4,7,13H,2,5-6H2,(H,14,15). The third-order valence-electron chi connectivity index (χ3n) is 2.93. The second-order valence-electron chi connectivity index (χ2n) is 3.88. The molecule has 0 atom stereocenters. The van der Waals surface area contributed by atoms with Gasteiger partial charge in [-0.1, -0.05) is 12.1 Å². The number of carbonyl (C=O) groups is 1. The van der Waals surface area contributed by atoms with Crippen LogP contribution in [0.4, 0.5) is 9.18 Å². The van der Waals surface area contributed by atoms with Crippen molar-refractivity contribution in [2.75, 3.05) is 0 Å². The summed E-state index contributed by atoms with van der Waals surface area (Å²) in [5.74, 6) is -0.328. The molecule has 0 bridgehead atoms. The average Bonchev–Trinajstić information content (AvgIpc) is 2.11. The molecule has 1 saturated carbocycles. The molecule has 0 unspecified atom stereocenters. The van der Waals surface area contributed by atoms with Crippen LogP contribution < -0.4 is 5.32 Å². The summed E-state index contributed by atoms with van der Waals surface area (Å²) >= 11 is 0. The van der Waals surface area contributed by atoms with Gasteiger partial charge in [0.1, 0.15) is 5.82 Å². The third kappa shape index (κ3) is 1.79. The number of hydrogen-bond acceptors (Lipinski definition) is 1. The molecule has 2 rings (SSSR count). The highest BCUT2D eigenvalue weighted by atomic mass is 19.1. The van der Waals surface area contributed by atoms with Crippen LogP contribution >= 0.6 is 0 Å². The van der Waals surface area contributed by atoms with E-state index in [1.54, 1.807) is 12.1 Å². The van der Waals surface area contributed by atoms with Crippen LogP contribution in [0.3, 0.4) is 0 Å². The maximum atomic E-state index is 13.0. The Morgan fingerprint density at radius 3 is 2.67 bits per heavy atom. The number of halogens is 1. The Morgan fingerprint density at radius 1 is 1.47 bits per heavy atom. The fourth-order valence-corrected chi connectivity index (χ4v) is 2.01. The molecule has 0 heterocycles. The molecule has 0 aliphatic heterocycles. The summed E-state index contributed by atoms with van der Waals surface area (Å²) in [6.45, 7) is 0. The number of hydrogen-bond donors (Lipinski definition) is 2. The first kappa shape index (κ1) is 9.96. The summed E-state index contributed by atoms with van der Waals surface area (Å²) in [4.78, 5) is 10.7. The Hall–Kier alpha value is -1.58. The number of benzene rings is 1. The van der Waals surface area contributed by atoms with Gasteiger partial charge in [-0.05, 0) is 37.0 Å². The van der Waals surface area contributed by atoms with E-state index in [-0.39, 0.29) is 5.82 Å². The minimum atomic E-state index is -1.06. The fourth-order valence-electron chi connectivity index (χ4n) is 2.01. The second-order valence-corrected chi connectivity index (χ2v) is 3.88. The minimum absolute atomic E-state index is 0.328. The second kappa shape index (κ2) is 3.53. The van der Waals surface area contributed by atoms with Crippen molar-refractivity contribution < 1.29 is 14.3 Å². The molecule has 1 fully saturated rings. The highest BCUT2D eigenvalue weighted by molar-refractivity contribution is 5.66. The molecule has 1 aliphatic rings. The fraction of sp³-hybridized carbons (Fsp3) is 0.364. The van der Waals surface area contributed by atoms with Gasteiger partial charge in [0.05, 0.1) is 5.54 Å². The van der Waals surface area contributed by atoms with E-state index >= 15 is 0 Å². The van der Waals surface area contributed by atoms with E-state index < -0.39 is 11.6 Å². The largest absolute Gasteiger partial charge is 0.465 e. The molecule has 1 amide bonds. The van der Waals surface area contributed by atoms with E-state index in [9.17, 15) is 9.18 Å². The maximum absolute atomic E-state index is 13.0. The van der Waals surface area contributed by atoms with Gasteiger partial charge in [0.15, 0.2) is 0 Å². The summed E-state index contributed by atoms with van der Waals surface area (Å²) in [6, 6.07) is 6.12. The lowest BCUT2D eigenvalue weighted by Crippen LogP contribution is -2.50. The maximum Gasteiger partial charge on any atom is 0.405 e. The van der Waals surface area contributed by atoms with Gasteiger partial charge in [0.25, 0.3) is 0 Å². The van der Waals surface area contributed by atoms with E-state index in [1.807, 2.05) is 0 Å². The zero-order valence-electron chi connectivity index (χ0n) is 8.16. The monoisotopic (exact) mass is 209 g/mol. The van der Waals surface area contributed by atoms with Crippen molar-refractivity contribution in [3.63, 3.8) is 0 Å². The summed E-state index contributed by atoms with van der Waals surface area (Å²) in [7, 11) is 0. The Morgan fingerprint density at radius 2 is 2.20 bits per heavy atom. The smallest absolute Gasteiger partial charge is 0.405 e. The molecule has 3 nitrogen and oxygen atoms in total. The average molecular weight is 209 g/mol. The van der Waals surface area contributed by atoms with Crippen LogP contribution in [0.15, 0.2) is 24.3 Å². The van der Waals surface area contributed by atoms with Crippen molar-refractivity contribution in [2.24, 2.45) is 0 Å². The first-order valence-corrected chi connectivity index (χ1v) is 4.90. The Labute approximate surface area is 86.9 Å². The number of amides is 1. The van der Waals surface area contributed by atoms with E-state index in [1.165, 1.54) is 12.1 Å². The molecule has 1 aliphatic carbocycles. The lowest BCUT2D eigenvalue weighted by molar-refractivity contribution is 0.144. The van der Waals surface area contributed by atoms with Gasteiger partial charge in [-0.25, -0.2) is 9.18 Å². The molecular formula is C11H12FNO2. The van der Waals surface area contributed by atoms with Crippen LogP contribution in [-0.4, -0.2) is 11.2 Å². The zero-order chi connectivity index (χ0) is 10.9. The van der Waals surface area contributed by atoms with Crippen LogP contribution in [0, 0.1) is 5.82 Å². The van der Waals surface area contributed by atoms with Crippen molar-refractivity contribution in [2.45, 2.75) is 24.8 Å². The molecule has 1 aromatic rings. The van der Waals surface area contributed by atoms with Gasteiger partial charge in [-0.3, -0.25) is 0 Å².